The highest BCUT2D eigenvalue weighted by atomic mass is 32.1. The molecule has 0 saturated heterocycles. The van der Waals surface area contributed by atoms with E-state index in [-0.39, 0.29) is 0 Å². The van der Waals surface area contributed by atoms with Gasteiger partial charge >= 0.3 is 0 Å². The molecular formula is C51H33NS. The van der Waals surface area contributed by atoms with Crippen LogP contribution in [0.5, 0.6) is 0 Å². The number of thiophene rings is 1. The molecule has 11 rings (SSSR count). The van der Waals surface area contributed by atoms with Crippen LogP contribution in [0, 0.1) is 0 Å². The Kier molecular flexibility index (Phi) is 6.71. The third kappa shape index (κ3) is 4.43. The van der Waals surface area contributed by atoms with E-state index in [0.29, 0.717) is 0 Å². The molecule has 0 amide bonds. The van der Waals surface area contributed by atoms with Crippen molar-refractivity contribution in [1.82, 2.24) is 0 Å². The van der Waals surface area contributed by atoms with Crippen LogP contribution in [0.4, 0.5) is 17.1 Å². The van der Waals surface area contributed by atoms with Gasteiger partial charge in [0, 0.05) is 26.8 Å². The van der Waals surface area contributed by atoms with Crippen molar-refractivity contribution in [3.63, 3.8) is 0 Å². The molecule has 0 N–H and O–H groups in total. The van der Waals surface area contributed by atoms with Crippen LogP contribution in [0.2, 0.25) is 0 Å². The van der Waals surface area contributed by atoms with Gasteiger partial charge in [0.15, 0.2) is 0 Å². The summed E-state index contributed by atoms with van der Waals surface area (Å²) in [7, 11) is 0. The lowest BCUT2D eigenvalue weighted by Crippen LogP contribution is -2.28. The zero-order valence-electron chi connectivity index (χ0n) is 28.9. The van der Waals surface area contributed by atoms with E-state index in [1.54, 1.807) is 0 Å². The minimum atomic E-state index is -0.437. The molecule has 10 aromatic rings. The number of benzene rings is 9. The van der Waals surface area contributed by atoms with Gasteiger partial charge in [0.2, 0.25) is 0 Å². The first-order chi connectivity index (χ1) is 26.3. The topological polar surface area (TPSA) is 3.24 Å². The van der Waals surface area contributed by atoms with E-state index in [4.69, 9.17) is 0 Å². The van der Waals surface area contributed by atoms with E-state index in [2.05, 4.69) is 205 Å². The van der Waals surface area contributed by atoms with Crippen molar-refractivity contribution in [2.24, 2.45) is 0 Å². The molecule has 0 radical (unpaired) electrons. The van der Waals surface area contributed by atoms with Crippen molar-refractivity contribution in [3.05, 3.63) is 222 Å². The van der Waals surface area contributed by atoms with Gasteiger partial charge < -0.3 is 4.90 Å². The van der Waals surface area contributed by atoms with Crippen LogP contribution in [-0.2, 0) is 5.41 Å². The van der Waals surface area contributed by atoms with Crippen molar-refractivity contribution >= 4 is 70.1 Å². The number of fused-ring (bicyclic) bond motifs is 9. The quantitative estimate of drug-likeness (QED) is 0.162. The fourth-order valence-electron chi connectivity index (χ4n) is 9.05. The third-order valence-corrected chi connectivity index (χ3v) is 12.5. The molecule has 1 aliphatic carbocycles. The average Bonchev–Trinajstić information content (AvgIpc) is 3.76. The lowest BCUT2D eigenvalue weighted by atomic mass is 9.68. The molecule has 0 unspecified atom stereocenters. The van der Waals surface area contributed by atoms with E-state index < -0.39 is 5.41 Å². The van der Waals surface area contributed by atoms with Crippen molar-refractivity contribution in [2.45, 2.75) is 5.41 Å². The minimum Gasteiger partial charge on any atom is -0.309 e. The molecule has 1 aromatic heterocycles. The van der Waals surface area contributed by atoms with Crippen LogP contribution >= 0.6 is 11.3 Å². The first kappa shape index (κ1) is 30.2. The normalized spacial score (nSPS) is 13.1. The molecule has 1 heterocycles. The second-order valence-electron chi connectivity index (χ2n) is 14.0. The zero-order valence-corrected chi connectivity index (χ0v) is 29.7. The molecule has 1 aliphatic rings. The van der Waals surface area contributed by atoms with Gasteiger partial charge in [-0.1, -0.05) is 164 Å². The van der Waals surface area contributed by atoms with Crippen LogP contribution < -0.4 is 4.90 Å². The maximum absolute atomic E-state index is 2.46. The largest absolute Gasteiger partial charge is 0.309 e. The molecule has 0 bridgehead atoms. The first-order valence-corrected chi connectivity index (χ1v) is 19.1. The highest BCUT2D eigenvalue weighted by Crippen LogP contribution is 2.56. The standard InChI is InChI=1S/C51H33NS/c1-2-14-36(15-3-1)51(46-21-9-6-17-42(46)43-18-7-10-22-47(43)51)37-27-29-38(30-28-37)52(48-23-12-20-45-44-19-8-11-24-49(44)53-50(45)48)39-31-32-41-35(33-39)26-25-34-13-4-5-16-40(34)41/h1-33H. The summed E-state index contributed by atoms with van der Waals surface area (Å²) < 4.78 is 2.59. The Bertz CT molecular complexity index is 2960. The fraction of sp³-hybridized carbons (Fsp3) is 0.0196. The predicted molar refractivity (Wildman–Crippen MR) is 226 cm³/mol. The second kappa shape index (κ2) is 11.8. The van der Waals surface area contributed by atoms with Gasteiger partial charge in [-0.25, -0.2) is 0 Å². The van der Waals surface area contributed by atoms with Crippen LogP contribution in [0.25, 0.3) is 52.8 Å². The van der Waals surface area contributed by atoms with E-state index in [1.165, 1.54) is 80.8 Å². The smallest absolute Gasteiger partial charge is 0.0713 e. The van der Waals surface area contributed by atoms with Crippen LogP contribution in [-0.4, -0.2) is 0 Å². The van der Waals surface area contributed by atoms with Gasteiger partial charge in [-0.05, 0) is 91.3 Å². The number of hydrogen-bond donors (Lipinski definition) is 0. The van der Waals surface area contributed by atoms with Crippen LogP contribution in [0.3, 0.4) is 0 Å². The minimum absolute atomic E-state index is 0.437. The Hall–Kier alpha value is -6.48. The molecule has 248 valence electrons. The summed E-state index contributed by atoms with van der Waals surface area (Å²) >= 11 is 1.87. The molecule has 0 fully saturated rings. The molecule has 1 nitrogen and oxygen atoms in total. The summed E-state index contributed by atoms with van der Waals surface area (Å²) in [6, 6.07) is 74.0. The molecule has 2 heteroatoms. The van der Waals surface area contributed by atoms with Gasteiger partial charge in [0.1, 0.15) is 0 Å². The number of nitrogens with zero attached hydrogens (tertiary/aromatic N) is 1. The molecule has 0 saturated carbocycles. The number of rotatable bonds is 5. The molecule has 9 aromatic carbocycles. The van der Waals surface area contributed by atoms with E-state index in [9.17, 15) is 0 Å². The highest BCUT2D eigenvalue weighted by Gasteiger charge is 2.45. The molecule has 0 aliphatic heterocycles. The summed E-state index contributed by atoms with van der Waals surface area (Å²) in [5.41, 5.74) is 10.8. The Morgan fingerprint density at radius 3 is 1.75 bits per heavy atom. The van der Waals surface area contributed by atoms with E-state index in [0.717, 1.165) is 11.4 Å². The maximum Gasteiger partial charge on any atom is 0.0713 e. The summed E-state index contributed by atoms with van der Waals surface area (Å²) in [5.74, 6) is 0. The van der Waals surface area contributed by atoms with Gasteiger partial charge in [0.05, 0.1) is 15.8 Å². The molecule has 0 spiro atoms. The van der Waals surface area contributed by atoms with Gasteiger partial charge in [-0.3, -0.25) is 0 Å². The second-order valence-corrected chi connectivity index (χ2v) is 15.1. The molecule has 0 atom stereocenters. The van der Waals surface area contributed by atoms with Crippen LogP contribution in [0.1, 0.15) is 22.3 Å². The van der Waals surface area contributed by atoms with E-state index >= 15 is 0 Å². The summed E-state index contributed by atoms with van der Waals surface area (Å²) in [6.07, 6.45) is 0. The summed E-state index contributed by atoms with van der Waals surface area (Å²) in [6.45, 7) is 0. The Morgan fingerprint density at radius 1 is 0.377 bits per heavy atom. The van der Waals surface area contributed by atoms with Gasteiger partial charge in [-0.2, -0.15) is 0 Å². The summed E-state index contributed by atoms with van der Waals surface area (Å²) in [5, 5.41) is 7.64. The van der Waals surface area contributed by atoms with Crippen molar-refractivity contribution < 1.29 is 0 Å². The SMILES string of the molecule is c1ccc(C2(c3ccc(N(c4ccc5c(ccc6ccccc65)c4)c4cccc5c4sc4ccccc45)cc3)c3ccccc3-c3ccccc32)cc1. The summed E-state index contributed by atoms with van der Waals surface area (Å²) in [4.78, 5) is 2.46. The predicted octanol–water partition coefficient (Wildman–Crippen LogP) is 14.2. The Labute approximate surface area is 312 Å². The number of anilines is 3. The Balaban J connectivity index is 1.15. The third-order valence-electron chi connectivity index (χ3n) is 11.3. The number of hydrogen-bond acceptors (Lipinski definition) is 2. The maximum atomic E-state index is 2.46. The van der Waals surface area contributed by atoms with Crippen molar-refractivity contribution in [3.8, 4) is 11.1 Å². The van der Waals surface area contributed by atoms with Crippen molar-refractivity contribution in [2.75, 3.05) is 4.90 Å². The highest BCUT2D eigenvalue weighted by molar-refractivity contribution is 7.26. The lowest BCUT2D eigenvalue weighted by molar-refractivity contribution is 0.768. The average molecular weight is 692 g/mol. The van der Waals surface area contributed by atoms with Gasteiger partial charge in [0.25, 0.3) is 0 Å². The first-order valence-electron chi connectivity index (χ1n) is 18.3. The van der Waals surface area contributed by atoms with Gasteiger partial charge in [-0.15, -0.1) is 11.3 Å². The zero-order chi connectivity index (χ0) is 34.9. The lowest BCUT2D eigenvalue weighted by Gasteiger charge is -2.34. The monoisotopic (exact) mass is 691 g/mol. The van der Waals surface area contributed by atoms with Crippen LogP contribution in [0.15, 0.2) is 200 Å². The molecule has 53 heavy (non-hydrogen) atoms. The molecular weight excluding hydrogens is 659 g/mol. The Morgan fingerprint density at radius 2 is 0.962 bits per heavy atom. The van der Waals surface area contributed by atoms with Crippen molar-refractivity contribution in [1.29, 1.82) is 0 Å². The fourth-order valence-corrected chi connectivity index (χ4v) is 10.3. The van der Waals surface area contributed by atoms with E-state index in [1.807, 2.05) is 11.3 Å².